The Morgan fingerprint density at radius 1 is 1.14 bits per heavy atom. The largest absolute Gasteiger partial charge is 0.380 e. The van der Waals surface area contributed by atoms with Gasteiger partial charge in [0.15, 0.2) is 5.82 Å². The number of hydrogen-bond acceptors (Lipinski definition) is 6. The minimum Gasteiger partial charge on any atom is -0.380 e. The van der Waals surface area contributed by atoms with E-state index >= 15 is 0 Å². The molecule has 2 amide bonds. The normalized spacial score (nSPS) is 17.7. The molecule has 0 atom stereocenters. The van der Waals surface area contributed by atoms with E-state index in [1.165, 1.54) is 6.08 Å². The van der Waals surface area contributed by atoms with Gasteiger partial charge in [0.2, 0.25) is 5.91 Å². The number of ether oxygens (including phenoxy) is 1. The highest BCUT2D eigenvalue weighted by Crippen LogP contribution is 2.31. The second-order valence-electron chi connectivity index (χ2n) is 9.37. The standard InChI is InChI=1S/C28H33N5O3/c1-5-25(34)32-26-20(17-36-4)9-7-18-6-8-19(16-23(18)26)27-29-15-14-24(31-27)28(35)30-21-10-12-22(13-11-21)33(2)3/h5-9,14-16,21-22H,1,10-13,17H2,2-4H3,(H,30,35)(H,32,34)/t21-,22-. The molecule has 8 heteroatoms. The Bertz CT molecular complexity index is 1270. The number of rotatable bonds is 8. The summed E-state index contributed by atoms with van der Waals surface area (Å²) in [6.07, 6.45) is 6.89. The predicted molar refractivity (Wildman–Crippen MR) is 142 cm³/mol. The molecule has 0 spiro atoms. The first kappa shape index (κ1) is 25.5. The van der Waals surface area contributed by atoms with Crippen molar-refractivity contribution in [1.82, 2.24) is 20.2 Å². The fourth-order valence-corrected chi connectivity index (χ4v) is 4.72. The molecule has 188 valence electrons. The zero-order valence-corrected chi connectivity index (χ0v) is 21.1. The van der Waals surface area contributed by atoms with Crippen LogP contribution in [0.5, 0.6) is 0 Å². The molecule has 3 aromatic rings. The van der Waals surface area contributed by atoms with Crippen LogP contribution in [0.4, 0.5) is 5.69 Å². The fraction of sp³-hybridized carbons (Fsp3) is 0.357. The van der Waals surface area contributed by atoms with Crippen molar-refractivity contribution in [2.75, 3.05) is 26.5 Å². The molecular formula is C28H33N5O3. The third kappa shape index (κ3) is 5.78. The van der Waals surface area contributed by atoms with Crippen molar-refractivity contribution in [3.63, 3.8) is 0 Å². The first-order valence-electron chi connectivity index (χ1n) is 12.2. The fourth-order valence-electron chi connectivity index (χ4n) is 4.72. The zero-order valence-electron chi connectivity index (χ0n) is 21.1. The lowest BCUT2D eigenvalue weighted by Crippen LogP contribution is -2.42. The number of anilines is 1. The SMILES string of the molecule is C=CC(=O)Nc1c(COC)ccc2ccc(-c3nccc(C(=O)N[C@H]4CC[C@H](N(C)C)CC4)n3)cc12. The van der Waals surface area contributed by atoms with Crippen LogP contribution in [0.2, 0.25) is 0 Å². The van der Waals surface area contributed by atoms with E-state index in [4.69, 9.17) is 4.74 Å². The second-order valence-corrected chi connectivity index (χ2v) is 9.37. The molecule has 0 radical (unpaired) electrons. The lowest BCUT2D eigenvalue weighted by molar-refractivity contribution is -0.111. The summed E-state index contributed by atoms with van der Waals surface area (Å²) in [6.45, 7) is 3.90. The minimum absolute atomic E-state index is 0.156. The van der Waals surface area contributed by atoms with E-state index < -0.39 is 0 Å². The third-order valence-corrected chi connectivity index (χ3v) is 6.75. The summed E-state index contributed by atoms with van der Waals surface area (Å²) in [7, 11) is 5.82. The van der Waals surface area contributed by atoms with Crippen LogP contribution in [0.3, 0.4) is 0 Å². The number of nitrogens with one attached hydrogen (secondary N) is 2. The van der Waals surface area contributed by atoms with Gasteiger partial charge in [-0.05, 0) is 63.4 Å². The van der Waals surface area contributed by atoms with Crippen LogP contribution < -0.4 is 10.6 Å². The number of benzene rings is 2. The van der Waals surface area contributed by atoms with Crippen LogP contribution in [0.25, 0.3) is 22.2 Å². The van der Waals surface area contributed by atoms with E-state index in [9.17, 15) is 9.59 Å². The molecule has 1 heterocycles. The second kappa shape index (κ2) is 11.4. The summed E-state index contributed by atoms with van der Waals surface area (Å²) < 4.78 is 5.32. The van der Waals surface area contributed by atoms with Gasteiger partial charge in [-0.2, -0.15) is 0 Å². The Morgan fingerprint density at radius 2 is 1.89 bits per heavy atom. The summed E-state index contributed by atoms with van der Waals surface area (Å²) in [5, 5.41) is 7.82. The average molecular weight is 488 g/mol. The number of hydrogen-bond donors (Lipinski definition) is 2. The van der Waals surface area contributed by atoms with Crippen molar-refractivity contribution in [3.05, 3.63) is 66.5 Å². The van der Waals surface area contributed by atoms with Crippen LogP contribution in [0.1, 0.15) is 41.7 Å². The molecule has 0 bridgehead atoms. The van der Waals surface area contributed by atoms with Gasteiger partial charge in [-0.3, -0.25) is 9.59 Å². The molecule has 0 aliphatic heterocycles. The molecule has 0 unspecified atom stereocenters. The van der Waals surface area contributed by atoms with Crippen LogP contribution in [-0.4, -0.2) is 60.0 Å². The average Bonchev–Trinajstić information content (AvgIpc) is 2.90. The first-order valence-corrected chi connectivity index (χ1v) is 12.2. The quantitative estimate of drug-likeness (QED) is 0.463. The Hall–Kier alpha value is -3.62. The molecule has 4 rings (SSSR count). The smallest absolute Gasteiger partial charge is 0.270 e. The van der Waals surface area contributed by atoms with Gasteiger partial charge in [-0.25, -0.2) is 9.97 Å². The first-order chi connectivity index (χ1) is 17.4. The van der Waals surface area contributed by atoms with E-state index in [2.05, 4.69) is 46.2 Å². The molecule has 8 nitrogen and oxygen atoms in total. The van der Waals surface area contributed by atoms with Crippen LogP contribution in [0, 0.1) is 0 Å². The number of amides is 2. The van der Waals surface area contributed by atoms with Gasteiger partial charge in [0, 0.05) is 41.9 Å². The van der Waals surface area contributed by atoms with Gasteiger partial charge in [-0.15, -0.1) is 0 Å². The van der Waals surface area contributed by atoms with E-state index in [1.54, 1.807) is 19.4 Å². The van der Waals surface area contributed by atoms with Gasteiger partial charge in [0.05, 0.1) is 12.3 Å². The number of nitrogens with zero attached hydrogens (tertiary/aromatic N) is 3. The molecular weight excluding hydrogens is 454 g/mol. The molecule has 2 aromatic carbocycles. The van der Waals surface area contributed by atoms with Crippen LogP contribution in [0.15, 0.2) is 55.3 Å². The summed E-state index contributed by atoms with van der Waals surface area (Å²) in [5.74, 6) is -0.0483. The summed E-state index contributed by atoms with van der Waals surface area (Å²) in [5.41, 5.74) is 2.58. The lowest BCUT2D eigenvalue weighted by Gasteiger charge is -2.32. The molecule has 1 aliphatic rings. The van der Waals surface area contributed by atoms with Gasteiger partial charge in [0.25, 0.3) is 5.91 Å². The molecule has 1 aliphatic carbocycles. The number of fused-ring (bicyclic) bond motifs is 1. The number of aromatic nitrogens is 2. The summed E-state index contributed by atoms with van der Waals surface area (Å²) >= 11 is 0. The van der Waals surface area contributed by atoms with Crippen LogP contribution >= 0.6 is 0 Å². The monoisotopic (exact) mass is 487 g/mol. The number of carbonyl (C=O) groups is 2. The van der Waals surface area contributed by atoms with Crippen molar-refractivity contribution >= 4 is 28.3 Å². The maximum absolute atomic E-state index is 13.0. The van der Waals surface area contributed by atoms with E-state index in [0.717, 1.165) is 47.6 Å². The van der Waals surface area contributed by atoms with Crippen molar-refractivity contribution in [3.8, 4) is 11.4 Å². The van der Waals surface area contributed by atoms with Gasteiger partial charge < -0.3 is 20.3 Å². The number of carbonyl (C=O) groups excluding carboxylic acids is 2. The Balaban J connectivity index is 1.59. The lowest BCUT2D eigenvalue weighted by atomic mass is 9.90. The maximum atomic E-state index is 13.0. The van der Waals surface area contributed by atoms with Crippen molar-refractivity contribution in [1.29, 1.82) is 0 Å². The van der Waals surface area contributed by atoms with E-state index in [1.807, 2.05) is 30.3 Å². The van der Waals surface area contributed by atoms with Crippen molar-refractivity contribution in [2.24, 2.45) is 0 Å². The highest BCUT2D eigenvalue weighted by atomic mass is 16.5. The maximum Gasteiger partial charge on any atom is 0.270 e. The molecule has 1 aromatic heterocycles. The van der Waals surface area contributed by atoms with E-state index in [0.29, 0.717) is 29.9 Å². The summed E-state index contributed by atoms with van der Waals surface area (Å²) in [4.78, 5) is 36.3. The molecule has 36 heavy (non-hydrogen) atoms. The summed E-state index contributed by atoms with van der Waals surface area (Å²) in [6, 6.07) is 12.1. The topological polar surface area (TPSA) is 96.4 Å². The van der Waals surface area contributed by atoms with Crippen molar-refractivity contribution < 1.29 is 14.3 Å². The Labute approximate surface area is 211 Å². The third-order valence-electron chi connectivity index (χ3n) is 6.75. The highest BCUT2D eigenvalue weighted by Gasteiger charge is 2.24. The molecule has 1 saturated carbocycles. The molecule has 2 N–H and O–H groups in total. The van der Waals surface area contributed by atoms with Gasteiger partial charge >= 0.3 is 0 Å². The Kier molecular flexibility index (Phi) is 8.07. The molecule has 0 saturated heterocycles. The minimum atomic E-state index is -0.306. The highest BCUT2D eigenvalue weighted by molar-refractivity contribution is 6.07. The zero-order chi connectivity index (χ0) is 25.7. The predicted octanol–water partition coefficient (Wildman–Crippen LogP) is 4.17. The van der Waals surface area contributed by atoms with Crippen LogP contribution in [-0.2, 0) is 16.1 Å². The van der Waals surface area contributed by atoms with E-state index in [-0.39, 0.29) is 17.9 Å². The van der Waals surface area contributed by atoms with Gasteiger partial charge in [0.1, 0.15) is 5.69 Å². The Morgan fingerprint density at radius 3 is 2.58 bits per heavy atom. The van der Waals surface area contributed by atoms with Crippen molar-refractivity contribution in [2.45, 2.75) is 44.4 Å². The molecule has 1 fully saturated rings. The number of methoxy groups -OCH3 is 1. The van der Waals surface area contributed by atoms with Gasteiger partial charge in [-0.1, -0.05) is 30.8 Å².